The molecule has 0 amide bonds. The number of nitrogens with zero attached hydrogens (tertiary/aromatic N) is 4. The molecular formula is C41H18F4N4O. The average molecular weight is 659 g/mol. The number of hydrogen-bond donors (Lipinski definition) is 0. The summed E-state index contributed by atoms with van der Waals surface area (Å²) < 4.78 is 58.3. The lowest BCUT2D eigenvalue weighted by Gasteiger charge is -2.14. The minimum absolute atomic E-state index is 0.00630. The molecule has 50 heavy (non-hydrogen) atoms. The third-order valence-corrected chi connectivity index (χ3v) is 7.82. The first kappa shape index (κ1) is 32.6. The largest absolute Gasteiger partial charge is 0.289 e. The molecule has 0 fully saturated rings. The summed E-state index contributed by atoms with van der Waals surface area (Å²) in [5.74, 6) is -3.39. The highest BCUT2D eigenvalue weighted by Gasteiger charge is 2.18. The van der Waals surface area contributed by atoms with Crippen LogP contribution >= 0.6 is 0 Å². The molecule has 0 unspecified atom stereocenters. The van der Waals surface area contributed by atoms with Crippen LogP contribution in [0.15, 0.2) is 109 Å². The molecule has 0 aliphatic carbocycles. The predicted molar refractivity (Wildman–Crippen MR) is 178 cm³/mol. The van der Waals surface area contributed by atoms with Crippen molar-refractivity contribution >= 4 is 11.5 Å². The van der Waals surface area contributed by atoms with Crippen molar-refractivity contribution in [3.8, 4) is 62.7 Å². The molecule has 0 heterocycles. The van der Waals surface area contributed by atoms with Gasteiger partial charge >= 0.3 is 0 Å². The topological polar surface area (TPSA) is 92.8 Å². The maximum Gasteiger partial charge on any atom is 0.193 e. The summed E-state index contributed by atoms with van der Waals surface area (Å²) in [6.45, 7) is 7.38. The van der Waals surface area contributed by atoms with Crippen LogP contribution < -0.4 is 0 Å². The summed E-state index contributed by atoms with van der Waals surface area (Å²) >= 11 is 0. The summed E-state index contributed by atoms with van der Waals surface area (Å²) in [4.78, 5) is 17.8. The zero-order chi connectivity index (χ0) is 35.5. The minimum Gasteiger partial charge on any atom is -0.289 e. The molecule has 6 aromatic carbocycles. The first-order valence-corrected chi connectivity index (χ1v) is 14.7. The van der Waals surface area contributed by atoms with E-state index in [-0.39, 0.29) is 55.8 Å². The molecule has 0 atom stereocenters. The van der Waals surface area contributed by atoms with Crippen molar-refractivity contribution in [2.45, 2.75) is 0 Å². The highest BCUT2D eigenvalue weighted by atomic mass is 19.1. The Morgan fingerprint density at radius 3 is 1.06 bits per heavy atom. The van der Waals surface area contributed by atoms with Gasteiger partial charge in [-0.2, -0.15) is 15.8 Å². The van der Waals surface area contributed by atoms with Crippen molar-refractivity contribution in [3.63, 3.8) is 0 Å². The summed E-state index contributed by atoms with van der Waals surface area (Å²) in [5.41, 5.74) is 2.39. The van der Waals surface area contributed by atoms with Gasteiger partial charge in [0.1, 0.15) is 23.3 Å². The molecule has 5 nitrogen and oxygen atoms in total. The quantitative estimate of drug-likeness (QED) is 0.101. The monoisotopic (exact) mass is 658 g/mol. The number of benzene rings is 6. The van der Waals surface area contributed by atoms with Gasteiger partial charge in [0.15, 0.2) is 11.5 Å². The number of rotatable bonds is 6. The predicted octanol–water partition coefficient (Wildman–Crippen LogP) is 10.3. The van der Waals surface area contributed by atoms with Crippen LogP contribution in [0, 0.1) is 63.8 Å². The van der Waals surface area contributed by atoms with Gasteiger partial charge in [0.05, 0.1) is 41.5 Å². The zero-order valence-electron chi connectivity index (χ0n) is 25.6. The lowest BCUT2D eigenvalue weighted by atomic mass is 9.89. The molecule has 0 aliphatic heterocycles. The fourth-order valence-corrected chi connectivity index (χ4v) is 5.62. The molecule has 0 radical (unpaired) electrons. The van der Waals surface area contributed by atoms with E-state index in [0.717, 1.165) is 24.3 Å². The Bertz CT molecular complexity index is 2230. The number of nitriles is 3. The molecule has 236 valence electrons. The van der Waals surface area contributed by atoms with Crippen molar-refractivity contribution in [2.24, 2.45) is 0 Å². The van der Waals surface area contributed by atoms with E-state index >= 15 is 0 Å². The number of hydrogen-bond acceptors (Lipinski definition) is 4. The number of carbonyl (C=O) groups excluding carboxylic acids is 1. The lowest BCUT2D eigenvalue weighted by Crippen LogP contribution is -2.04. The van der Waals surface area contributed by atoms with E-state index in [0.29, 0.717) is 22.3 Å². The Balaban J connectivity index is 1.60. The first-order chi connectivity index (χ1) is 24.0. The number of halogens is 4. The molecule has 0 aromatic heterocycles. The second-order valence-corrected chi connectivity index (χ2v) is 11.3. The highest BCUT2D eigenvalue weighted by Crippen LogP contribution is 2.35. The number of ketones is 1. The molecule has 0 bridgehead atoms. The van der Waals surface area contributed by atoms with Gasteiger partial charge in [0, 0.05) is 11.1 Å². The maximum absolute atomic E-state index is 14.6. The molecule has 9 heteroatoms. The molecule has 0 saturated carbocycles. The van der Waals surface area contributed by atoms with Crippen LogP contribution in [-0.4, -0.2) is 5.78 Å². The van der Waals surface area contributed by atoms with Gasteiger partial charge in [-0.15, -0.1) is 0 Å². The van der Waals surface area contributed by atoms with Crippen LogP contribution in [0.5, 0.6) is 0 Å². The van der Waals surface area contributed by atoms with E-state index in [4.69, 9.17) is 6.57 Å². The fraction of sp³-hybridized carbons (Fsp3) is 0. The first-order valence-electron chi connectivity index (χ1n) is 14.7. The lowest BCUT2D eigenvalue weighted by molar-refractivity contribution is 0.103. The highest BCUT2D eigenvalue weighted by molar-refractivity contribution is 6.11. The molecule has 0 spiro atoms. The smallest absolute Gasteiger partial charge is 0.193 e. The third-order valence-electron chi connectivity index (χ3n) is 7.82. The van der Waals surface area contributed by atoms with Crippen molar-refractivity contribution in [1.82, 2.24) is 0 Å². The van der Waals surface area contributed by atoms with Gasteiger partial charge in [-0.05, 0) is 154 Å². The molecule has 0 aliphatic rings. The van der Waals surface area contributed by atoms with Crippen molar-refractivity contribution in [3.05, 3.63) is 172 Å². The van der Waals surface area contributed by atoms with Crippen LogP contribution in [0.4, 0.5) is 23.2 Å². The average Bonchev–Trinajstić information content (AvgIpc) is 3.12. The fourth-order valence-electron chi connectivity index (χ4n) is 5.62. The zero-order valence-corrected chi connectivity index (χ0v) is 25.6. The molecular weight excluding hydrogens is 640 g/mol. The van der Waals surface area contributed by atoms with Gasteiger partial charge in [-0.25, -0.2) is 22.4 Å². The van der Waals surface area contributed by atoms with Crippen LogP contribution in [0.25, 0.3) is 49.4 Å². The SMILES string of the molecule is [C-]#[N+]c1cc(F)cc(-c2cc(C(=O)c3cc(-c4cc(F)cc(C#N)c4)cc(-c4cc(F)cc(C#N)c4)c3)cc(-c3cc(F)cc(C#N)c3)c2)c1. The Labute approximate surface area is 283 Å². The molecule has 6 aromatic rings. The van der Waals surface area contributed by atoms with Crippen LogP contribution in [0.2, 0.25) is 0 Å². The van der Waals surface area contributed by atoms with E-state index in [1.54, 1.807) is 12.1 Å². The summed E-state index contributed by atoms with van der Waals surface area (Å²) in [7, 11) is 0. The van der Waals surface area contributed by atoms with Crippen molar-refractivity contribution in [1.29, 1.82) is 15.8 Å². The Morgan fingerprint density at radius 1 is 0.440 bits per heavy atom. The Morgan fingerprint density at radius 2 is 0.740 bits per heavy atom. The van der Waals surface area contributed by atoms with E-state index in [1.807, 2.05) is 18.2 Å². The van der Waals surface area contributed by atoms with E-state index < -0.39 is 29.1 Å². The van der Waals surface area contributed by atoms with E-state index in [9.17, 15) is 38.1 Å². The second kappa shape index (κ2) is 13.4. The normalized spacial score (nSPS) is 10.4. The number of carbonyl (C=O) groups is 1. The maximum atomic E-state index is 14.6. The van der Waals surface area contributed by atoms with E-state index in [2.05, 4.69) is 4.85 Å². The third kappa shape index (κ3) is 6.85. The Hall–Kier alpha value is -7.33. The molecule has 0 saturated heterocycles. The van der Waals surface area contributed by atoms with Crippen LogP contribution in [-0.2, 0) is 0 Å². The van der Waals surface area contributed by atoms with Gasteiger partial charge in [-0.1, -0.05) is 0 Å². The summed E-state index contributed by atoms with van der Waals surface area (Å²) in [5, 5.41) is 28.4. The van der Waals surface area contributed by atoms with Gasteiger partial charge < -0.3 is 0 Å². The summed E-state index contributed by atoms with van der Waals surface area (Å²) in [6.07, 6.45) is 0. The molecule has 6 rings (SSSR count). The minimum atomic E-state index is -0.701. The van der Waals surface area contributed by atoms with Gasteiger partial charge in [-0.3, -0.25) is 4.79 Å². The van der Waals surface area contributed by atoms with Crippen molar-refractivity contribution < 1.29 is 22.4 Å². The molecule has 0 N–H and O–H groups in total. The van der Waals surface area contributed by atoms with Crippen LogP contribution in [0.1, 0.15) is 32.6 Å². The van der Waals surface area contributed by atoms with E-state index in [1.165, 1.54) is 72.8 Å². The summed E-state index contributed by atoms with van der Waals surface area (Å²) in [6, 6.07) is 29.3. The standard InChI is InChI=1S/C41H18F4N4O/c1-49-40-18-33(17-39(45)19-40)32-9-31(28-4-25(22-48)7-38(44)16-28)12-35(13-32)41(50)34-10-29(26-2-23(20-46)5-36(42)14-26)8-30(11-34)27-3-24(21-47)6-37(43)15-27/h2-19H. The van der Waals surface area contributed by atoms with Crippen molar-refractivity contribution in [2.75, 3.05) is 0 Å². The van der Waals surface area contributed by atoms with Crippen LogP contribution in [0.3, 0.4) is 0 Å². The second-order valence-electron chi connectivity index (χ2n) is 11.3. The Kier molecular flexibility index (Phi) is 8.75. The van der Waals surface area contributed by atoms with Gasteiger partial charge in [0.2, 0.25) is 0 Å². The van der Waals surface area contributed by atoms with Gasteiger partial charge in [0.25, 0.3) is 0 Å².